The van der Waals surface area contributed by atoms with E-state index in [1.165, 1.54) is 0 Å². The van der Waals surface area contributed by atoms with Gasteiger partial charge in [-0.2, -0.15) is 5.26 Å². The molecule has 3 unspecified atom stereocenters. The van der Waals surface area contributed by atoms with Gasteiger partial charge < -0.3 is 33.2 Å². The Morgan fingerprint density at radius 2 is 1.82 bits per heavy atom. The van der Waals surface area contributed by atoms with Gasteiger partial charge in [0.2, 0.25) is 6.79 Å². The lowest BCUT2D eigenvalue weighted by Crippen LogP contribution is -2.68. The van der Waals surface area contributed by atoms with Gasteiger partial charge in [-0.15, -0.1) is 0 Å². The van der Waals surface area contributed by atoms with Crippen LogP contribution in [0.3, 0.4) is 0 Å². The Balaban J connectivity index is 1.37. The molecule has 3 aromatic carbocycles. The fourth-order valence-electron chi connectivity index (χ4n) is 8.70. The average molecular weight is 696 g/mol. The van der Waals surface area contributed by atoms with Crippen molar-refractivity contribution in [2.24, 2.45) is 0 Å². The second-order valence-electron chi connectivity index (χ2n) is 13.5. The van der Waals surface area contributed by atoms with Crippen molar-refractivity contribution in [3.05, 3.63) is 88.0 Å². The lowest BCUT2D eigenvalue weighted by atomic mass is 9.71. The maximum absolute atomic E-state index is 13.4. The maximum Gasteiger partial charge on any atom is 0.306 e. The Labute approximate surface area is 299 Å². The van der Waals surface area contributed by atoms with Crippen LogP contribution in [0.2, 0.25) is 0 Å². The Hall–Kier alpha value is -4.76. The molecular weight excluding hydrogens is 650 g/mol. The molecule has 4 heterocycles. The van der Waals surface area contributed by atoms with Crippen LogP contribution in [-0.4, -0.2) is 82.0 Å². The summed E-state index contributed by atoms with van der Waals surface area (Å²) in [6.45, 7) is 8.29. The van der Waals surface area contributed by atoms with Crippen LogP contribution in [0.4, 0.5) is 0 Å². The highest BCUT2D eigenvalue weighted by Crippen LogP contribution is 2.58. The first-order valence-electron chi connectivity index (χ1n) is 17.4. The predicted octanol–water partition coefficient (Wildman–Crippen LogP) is 5.54. The number of esters is 1. The number of piperazine rings is 1. The Kier molecular flexibility index (Phi) is 9.84. The second kappa shape index (κ2) is 14.5. The molecule has 4 aliphatic rings. The topological polar surface area (TPSA) is 112 Å². The number of carbonyl (C=O) groups is 1. The van der Waals surface area contributed by atoms with Crippen molar-refractivity contribution in [2.75, 3.05) is 48.1 Å². The number of nitriles is 1. The Bertz CT molecular complexity index is 1860. The number of nitrogens with zero attached hydrogens (tertiary/aromatic N) is 3. The molecule has 11 heteroatoms. The number of ether oxygens (including phenoxy) is 7. The smallest absolute Gasteiger partial charge is 0.306 e. The zero-order chi connectivity index (χ0) is 35.8. The molecule has 4 aliphatic heterocycles. The summed E-state index contributed by atoms with van der Waals surface area (Å²) in [5.74, 6) is 2.90. The minimum atomic E-state index is -0.534. The van der Waals surface area contributed by atoms with Gasteiger partial charge in [0, 0.05) is 47.9 Å². The molecular formula is C40H45N3O8. The van der Waals surface area contributed by atoms with Crippen LogP contribution in [0, 0.1) is 25.2 Å². The van der Waals surface area contributed by atoms with E-state index < -0.39 is 12.1 Å². The van der Waals surface area contributed by atoms with Crippen LogP contribution in [-0.2, 0) is 33.5 Å². The third-order valence-electron chi connectivity index (χ3n) is 10.8. The van der Waals surface area contributed by atoms with Crippen LogP contribution < -0.4 is 23.7 Å². The molecule has 11 nitrogen and oxygen atoms in total. The summed E-state index contributed by atoms with van der Waals surface area (Å²) in [5.41, 5.74) is 6.75. The van der Waals surface area contributed by atoms with Gasteiger partial charge in [-0.1, -0.05) is 49.1 Å². The number of fused-ring (bicyclic) bond motifs is 9. The van der Waals surface area contributed by atoms with E-state index in [0.717, 1.165) is 38.9 Å². The number of likely N-dealkylation sites (N-methyl/N-ethyl adjacent to an activating group) is 1. The largest absolute Gasteiger partial charge is 0.493 e. The summed E-state index contributed by atoms with van der Waals surface area (Å²) in [6.07, 6.45) is 3.66. The van der Waals surface area contributed by atoms with Crippen LogP contribution in [0.1, 0.15) is 57.4 Å². The lowest BCUT2D eigenvalue weighted by Gasteiger charge is -2.60. The van der Waals surface area contributed by atoms with E-state index in [4.69, 9.17) is 33.2 Å². The van der Waals surface area contributed by atoms with Crippen molar-refractivity contribution in [1.29, 1.82) is 5.26 Å². The fourth-order valence-corrected chi connectivity index (χ4v) is 8.70. The second-order valence-corrected chi connectivity index (χ2v) is 13.5. The van der Waals surface area contributed by atoms with Crippen molar-refractivity contribution in [3.63, 3.8) is 0 Å². The van der Waals surface area contributed by atoms with Crippen LogP contribution in [0.25, 0.3) is 0 Å². The van der Waals surface area contributed by atoms with Gasteiger partial charge >= 0.3 is 5.97 Å². The highest BCUT2D eigenvalue weighted by molar-refractivity contribution is 5.70. The number of rotatable bonds is 12. The summed E-state index contributed by atoms with van der Waals surface area (Å²) in [6, 6.07) is 13.0. The van der Waals surface area contributed by atoms with Gasteiger partial charge in [-0.25, -0.2) is 0 Å². The van der Waals surface area contributed by atoms with Crippen LogP contribution in [0.5, 0.6) is 28.7 Å². The van der Waals surface area contributed by atoms with Gasteiger partial charge in [-0.05, 0) is 56.8 Å². The third-order valence-corrected chi connectivity index (χ3v) is 10.8. The zero-order valence-corrected chi connectivity index (χ0v) is 29.9. The monoisotopic (exact) mass is 695 g/mol. The molecule has 7 rings (SSSR count). The summed E-state index contributed by atoms with van der Waals surface area (Å²) >= 11 is 0. The van der Waals surface area contributed by atoms with Gasteiger partial charge in [0.25, 0.3) is 0 Å². The first kappa shape index (κ1) is 34.7. The van der Waals surface area contributed by atoms with E-state index in [2.05, 4.69) is 35.6 Å². The molecule has 0 saturated carbocycles. The van der Waals surface area contributed by atoms with E-state index >= 15 is 0 Å². The van der Waals surface area contributed by atoms with E-state index in [-0.39, 0.29) is 50.7 Å². The lowest BCUT2D eigenvalue weighted by molar-refractivity contribution is -0.149. The number of methoxy groups -OCH3 is 2. The standard InChI is InChI=1S/C40H45N3O8/c1-7-15-47-37-24(3)38-40(51-22-50-38)34-27(37)18-29-35-33-26(16-23(2)36(46-6)39(33)49-21-45-5)17-28(42(35)4)30(19-41)43(29)31(34)20-48-32(44)14-13-25-11-9-8-10-12-25/h7-12,16,28-31,35H,1,13-15,17-18,20-22H2,2-6H3/t28?,29?,30-,31-,35?/m0/s1. The van der Waals surface area contributed by atoms with Gasteiger partial charge in [0.1, 0.15) is 25.0 Å². The van der Waals surface area contributed by atoms with Crippen molar-refractivity contribution < 1.29 is 38.0 Å². The predicted molar refractivity (Wildman–Crippen MR) is 188 cm³/mol. The Morgan fingerprint density at radius 1 is 1.04 bits per heavy atom. The van der Waals surface area contributed by atoms with Gasteiger partial charge in [0.05, 0.1) is 25.3 Å². The molecule has 268 valence electrons. The molecule has 0 radical (unpaired) electrons. The number of hydrogen-bond donors (Lipinski definition) is 0. The minimum absolute atomic E-state index is 0.0231. The molecule has 0 aromatic heterocycles. The quantitative estimate of drug-likeness (QED) is 0.135. The van der Waals surface area contributed by atoms with Crippen LogP contribution >= 0.6 is 0 Å². The molecule has 0 spiro atoms. The van der Waals surface area contributed by atoms with Gasteiger partial charge in [0.15, 0.2) is 29.8 Å². The molecule has 0 amide bonds. The molecule has 2 bridgehead atoms. The minimum Gasteiger partial charge on any atom is -0.493 e. The molecule has 1 saturated heterocycles. The zero-order valence-electron chi connectivity index (χ0n) is 29.9. The number of aryl methyl sites for hydroxylation is 2. The molecule has 1 fully saturated rings. The highest BCUT2D eigenvalue weighted by Gasteiger charge is 2.57. The molecule has 0 N–H and O–H groups in total. The fraction of sp³-hybridized carbons (Fsp3) is 0.450. The third kappa shape index (κ3) is 5.95. The van der Waals surface area contributed by atoms with Crippen molar-refractivity contribution in [2.45, 2.75) is 69.7 Å². The maximum atomic E-state index is 13.4. The first-order valence-corrected chi connectivity index (χ1v) is 17.4. The van der Waals surface area contributed by atoms with Crippen molar-refractivity contribution in [3.8, 4) is 34.8 Å². The van der Waals surface area contributed by atoms with E-state index in [0.29, 0.717) is 54.6 Å². The number of carbonyl (C=O) groups excluding carboxylic acids is 1. The first-order chi connectivity index (χ1) is 24.8. The molecule has 0 aliphatic carbocycles. The summed E-state index contributed by atoms with van der Waals surface area (Å²) in [7, 11) is 5.33. The summed E-state index contributed by atoms with van der Waals surface area (Å²) < 4.78 is 42.4. The van der Waals surface area contributed by atoms with Gasteiger partial charge in [-0.3, -0.25) is 14.6 Å². The normalized spacial score (nSPS) is 22.9. The average Bonchev–Trinajstić information content (AvgIpc) is 3.63. The van der Waals surface area contributed by atoms with Crippen molar-refractivity contribution >= 4 is 5.97 Å². The summed E-state index contributed by atoms with van der Waals surface area (Å²) in [5, 5.41) is 11.0. The highest BCUT2D eigenvalue weighted by atomic mass is 16.7. The van der Waals surface area contributed by atoms with Crippen molar-refractivity contribution in [1.82, 2.24) is 9.80 Å². The number of hydrogen-bond acceptors (Lipinski definition) is 11. The van der Waals surface area contributed by atoms with E-state index in [1.54, 1.807) is 20.3 Å². The van der Waals surface area contributed by atoms with E-state index in [1.807, 2.05) is 44.2 Å². The van der Waals surface area contributed by atoms with E-state index in [9.17, 15) is 10.1 Å². The summed E-state index contributed by atoms with van der Waals surface area (Å²) in [4.78, 5) is 18.0. The molecule has 3 aromatic rings. The van der Waals surface area contributed by atoms with Crippen LogP contribution in [0.15, 0.2) is 49.1 Å². The SMILES string of the molecule is C=CCOc1c(C)c2c(c3c1CC1C4c5c(cc(C)c(OC)c5OCOC)CC([C@H](C#N)N1[C@H]3COC(=O)CCc1ccccc1)N4C)OCO2. The number of benzene rings is 3. The molecule has 51 heavy (non-hydrogen) atoms. The Morgan fingerprint density at radius 3 is 2.55 bits per heavy atom. The molecule has 5 atom stereocenters.